The van der Waals surface area contributed by atoms with Crippen LogP contribution in [0.25, 0.3) is 0 Å². The minimum atomic E-state index is 0.397. The number of ether oxygens (including phenoxy) is 1. The summed E-state index contributed by atoms with van der Waals surface area (Å²) in [6, 6.07) is 0.405. The van der Waals surface area contributed by atoms with Crippen LogP contribution in [0.15, 0.2) is 12.4 Å². The zero-order valence-electron chi connectivity index (χ0n) is 10.5. The van der Waals surface area contributed by atoms with Crippen LogP contribution in [-0.4, -0.2) is 15.9 Å². The molecule has 0 aliphatic heterocycles. The van der Waals surface area contributed by atoms with Gasteiger partial charge in [-0.25, -0.2) is 0 Å². The number of nitrogens with zero attached hydrogens (tertiary/aromatic N) is 2. The van der Waals surface area contributed by atoms with Gasteiger partial charge in [-0.05, 0) is 39.0 Å². The Morgan fingerprint density at radius 3 is 2.88 bits per heavy atom. The average molecular weight is 222 g/mol. The van der Waals surface area contributed by atoms with Crippen LogP contribution in [0.5, 0.6) is 5.75 Å². The topological polar surface area (TPSA) is 27.1 Å². The van der Waals surface area contributed by atoms with Crippen molar-refractivity contribution in [3.8, 4) is 5.75 Å². The van der Waals surface area contributed by atoms with Gasteiger partial charge in [0.05, 0.1) is 18.5 Å². The van der Waals surface area contributed by atoms with Gasteiger partial charge in [0.2, 0.25) is 0 Å². The fraction of sp³-hybridized carbons (Fsp3) is 0.769. The van der Waals surface area contributed by atoms with E-state index in [0.29, 0.717) is 12.1 Å². The SMILES string of the molecule is CC1CCCC(Oc2cnn(C(C)C)c2)C1. The van der Waals surface area contributed by atoms with Crippen LogP contribution in [0, 0.1) is 5.92 Å². The maximum atomic E-state index is 5.97. The van der Waals surface area contributed by atoms with Gasteiger partial charge in [-0.2, -0.15) is 5.10 Å². The molecule has 1 aliphatic carbocycles. The highest BCUT2D eigenvalue weighted by atomic mass is 16.5. The number of hydrogen-bond acceptors (Lipinski definition) is 2. The van der Waals surface area contributed by atoms with Crippen LogP contribution in [0.1, 0.15) is 52.5 Å². The Balaban J connectivity index is 1.92. The fourth-order valence-corrected chi connectivity index (χ4v) is 2.34. The quantitative estimate of drug-likeness (QED) is 0.783. The van der Waals surface area contributed by atoms with Crippen LogP contribution in [0.4, 0.5) is 0 Å². The summed E-state index contributed by atoms with van der Waals surface area (Å²) in [5.41, 5.74) is 0. The summed E-state index contributed by atoms with van der Waals surface area (Å²) in [5, 5.41) is 4.29. The fourth-order valence-electron chi connectivity index (χ4n) is 2.34. The summed E-state index contributed by atoms with van der Waals surface area (Å²) in [6.45, 7) is 6.56. The molecule has 2 atom stereocenters. The number of hydrogen-bond donors (Lipinski definition) is 0. The molecule has 1 fully saturated rings. The Morgan fingerprint density at radius 1 is 1.44 bits per heavy atom. The molecule has 0 bridgehead atoms. The molecule has 0 N–H and O–H groups in total. The summed E-state index contributed by atoms with van der Waals surface area (Å²) < 4.78 is 7.92. The lowest BCUT2D eigenvalue weighted by Crippen LogP contribution is -2.23. The lowest BCUT2D eigenvalue weighted by Gasteiger charge is -2.26. The average Bonchev–Trinajstić information content (AvgIpc) is 2.66. The molecule has 0 saturated heterocycles. The molecule has 16 heavy (non-hydrogen) atoms. The summed E-state index contributed by atoms with van der Waals surface area (Å²) >= 11 is 0. The van der Waals surface area contributed by atoms with Crippen molar-refractivity contribution < 1.29 is 4.74 Å². The molecule has 0 amide bonds. The minimum Gasteiger partial charge on any atom is -0.487 e. The van der Waals surface area contributed by atoms with Crippen molar-refractivity contribution in [3.05, 3.63) is 12.4 Å². The van der Waals surface area contributed by atoms with Gasteiger partial charge in [-0.15, -0.1) is 0 Å². The van der Waals surface area contributed by atoms with E-state index in [2.05, 4.69) is 25.9 Å². The van der Waals surface area contributed by atoms with Crippen molar-refractivity contribution in [2.45, 2.75) is 58.6 Å². The van der Waals surface area contributed by atoms with Gasteiger partial charge in [0.25, 0.3) is 0 Å². The first-order chi connectivity index (χ1) is 7.65. The van der Waals surface area contributed by atoms with E-state index in [0.717, 1.165) is 11.7 Å². The summed E-state index contributed by atoms with van der Waals surface area (Å²) in [6.07, 6.45) is 9.26. The molecule has 3 heteroatoms. The van der Waals surface area contributed by atoms with Crippen LogP contribution in [0.3, 0.4) is 0 Å². The Kier molecular flexibility index (Phi) is 3.52. The Bertz CT molecular complexity index is 332. The maximum absolute atomic E-state index is 5.97. The molecule has 90 valence electrons. The second-order valence-electron chi connectivity index (χ2n) is 5.26. The van der Waals surface area contributed by atoms with Gasteiger partial charge in [0.15, 0.2) is 5.75 Å². The third kappa shape index (κ3) is 2.77. The highest BCUT2D eigenvalue weighted by Crippen LogP contribution is 2.27. The van der Waals surface area contributed by atoms with E-state index in [1.807, 2.05) is 17.1 Å². The Morgan fingerprint density at radius 2 is 2.25 bits per heavy atom. The van der Waals surface area contributed by atoms with E-state index in [4.69, 9.17) is 4.74 Å². The van der Waals surface area contributed by atoms with E-state index in [-0.39, 0.29) is 0 Å². The van der Waals surface area contributed by atoms with Gasteiger partial charge in [-0.3, -0.25) is 4.68 Å². The standard InChI is InChI=1S/C13H22N2O/c1-10(2)15-9-13(8-14-15)16-12-6-4-5-11(3)7-12/h8-12H,4-7H2,1-3H3. The maximum Gasteiger partial charge on any atom is 0.157 e. The van der Waals surface area contributed by atoms with Gasteiger partial charge in [0, 0.05) is 6.04 Å². The Hall–Kier alpha value is -0.990. The molecule has 1 heterocycles. The lowest BCUT2D eigenvalue weighted by molar-refractivity contribution is 0.129. The minimum absolute atomic E-state index is 0.397. The zero-order chi connectivity index (χ0) is 11.5. The third-order valence-electron chi connectivity index (χ3n) is 3.30. The van der Waals surface area contributed by atoms with Crippen molar-refractivity contribution in [3.63, 3.8) is 0 Å². The molecule has 0 aromatic carbocycles. The lowest BCUT2D eigenvalue weighted by atomic mass is 9.89. The van der Waals surface area contributed by atoms with Crippen molar-refractivity contribution in [1.29, 1.82) is 0 Å². The Labute approximate surface area is 97.8 Å². The zero-order valence-corrected chi connectivity index (χ0v) is 10.5. The third-order valence-corrected chi connectivity index (χ3v) is 3.30. The highest BCUT2D eigenvalue weighted by Gasteiger charge is 2.20. The van der Waals surface area contributed by atoms with Crippen molar-refractivity contribution in [1.82, 2.24) is 9.78 Å². The van der Waals surface area contributed by atoms with Crippen molar-refractivity contribution in [2.24, 2.45) is 5.92 Å². The summed E-state index contributed by atoms with van der Waals surface area (Å²) in [7, 11) is 0. The molecule has 1 aromatic rings. The van der Waals surface area contributed by atoms with E-state index >= 15 is 0 Å². The van der Waals surface area contributed by atoms with E-state index in [1.54, 1.807) is 0 Å². The van der Waals surface area contributed by atoms with Crippen LogP contribution in [0.2, 0.25) is 0 Å². The molecule has 1 aromatic heterocycles. The first-order valence-electron chi connectivity index (χ1n) is 6.36. The van der Waals surface area contributed by atoms with Gasteiger partial charge in [0.1, 0.15) is 0 Å². The second kappa shape index (κ2) is 4.89. The number of rotatable bonds is 3. The van der Waals surface area contributed by atoms with E-state index < -0.39 is 0 Å². The summed E-state index contributed by atoms with van der Waals surface area (Å²) in [4.78, 5) is 0. The van der Waals surface area contributed by atoms with Crippen LogP contribution < -0.4 is 4.74 Å². The molecule has 3 nitrogen and oxygen atoms in total. The second-order valence-corrected chi connectivity index (χ2v) is 5.26. The van der Waals surface area contributed by atoms with Gasteiger partial charge >= 0.3 is 0 Å². The van der Waals surface area contributed by atoms with Crippen molar-refractivity contribution >= 4 is 0 Å². The highest BCUT2D eigenvalue weighted by molar-refractivity contribution is 5.12. The van der Waals surface area contributed by atoms with Gasteiger partial charge in [-0.1, -0.05) is 13.3 Å². The first-order valence-corrected chi connectivity index (χ1v) is 6.36. The predicted octanol–water partition coefficient (Wildman–Crippen LogP) is 3.42. The largest absolute Gasteiger partial charge is 0.487 e. The molecule has 1 aliphatic rings. The molecule has 0 radical (unpaired) electrons. The predicted molar refractivity (Wildman–Crippen MR) is 64.7 cm³/mol. The smallest absolute Gasteiger partial charge is 0.157 e. The first kappa shape index (κ1) is 11.5. The molecule has 2 rings (SSSR count). The number of aromatic nitrogens is 2. The van der Waals surface area contributed by atoms with Crippen molar-refractivity contribution in [2.75, 3.05) is 0 Å². The van der Waals surface area contributed by atoms with E-state index in [9.17, 15) is 0 Å². The molecular weight excluding hydrogens is 200 g/mol. The molecular formula is C13H22N2O. The van der Waals surface area contributed by atoms with Crippen LogP contribution >= 0.6 is 0 Å². The molecule has 2 unspecified atom stereocenters. The monoisotopic (exact) mass is 222 g/mol. The molecule has 0 spiro atoms. The summed E-state index contributed by atoms with van der Waals surface area (Å²) in [5.74, 6) is 1.73. The van der Waals surface area contributed by atoms with E-state index in [1.165, 1.54) is 25.7 Å². The van der Waals surface area contributed by atoms with Gasteiger partial charge < -0.3 is 4.74 Å². The molecule has 1 saturated carbocycles. The van der Waals surface area contributed by atoms with Crippen LogP contribution in [-0.2, 0) is 0 Å². The normalized spacial score (nSPS) is 26.0.